The second-order valence-electron chi connectivity index (χ2n) is 6.36. The number of hydrogen-bond acceptors (Lipinski definition) is 5. The molecule has 0 aromatic heterocycles. The van der Waals surface area contributed by atoms with Gasteiger partial charge in [0.1, 0.15) is 0 Å². The predicted molar refractivity (Wildman–Crippen MR) is 101 cm³/mol. The van der Waals surface area contributed by atoms with Gasteiger partial charge in [0.2, 0.25) is 0 Å². The molecule has 2 amide bonds. The molecule has 6 nitrogen and oxygen atoms in total. The van der Waals surface area contributed by atoms with Gasteiger partial charge < -0.3 is 4.90 Å². The Morgan fingerprint density at radius 3 is 2.19 bits per heavy atom. The molecule has 0 saturated carbocycles. The molecule has 1 aliphatic rings. The largest absolute Gasteiger partial charge is 0.377 e. The van der Waals surface area contributed by atoms with Crippen molar-refractivity contribution in [2.75, 3.05) is 31.3 Å². The fourth-order valence-corrected chi connectivity index (χ4v) is 4.63. The zero-order chi connectivity index (χ0) is 18.9. The minimum absolute atomic E-state index is 0.0949. The number of rotatable bonds is 6. The standard InChI is InChI=1S/C19H20N2O4S/c1-20(2)16-8-3-7-15-14(16)6-4-9-17(15)26(24,25)13-5-12-21-18(22)10-11-19(21)23/h3-4,6-11H,5,12-13H2,1-2H3. The van der Waals surface area contributed by atoms with Crippen molar-refractivity contribution < 1.29 is 18.0 Å². The van der Waals surface area contributed by atoms with Gasteiger partial charge >= 0.3 is 0 Å². The SMILES string of the molecule is CN(C)c1cccc2c(S(=O)(=O)CCCN3C(=O)C=CC3=O)cccc12. The third-order valence-electron chi connectivity index (χ3n) is 4.37. The van der Waals surface area contributed by atoms with Crippen LogP contribution in [0.5, 0.6) is 0 Å². The molecule has 7 heteroatoms. The number of hydrogen-bond donors (Lipinski definition) is 0. The summed E-state index contributed by atoms with van der Waals surface area (Å²) in [5, 5.41) is 1.54. The Bertz CT molecular complexity index is 991. The van der Waals surface area contributed by atoms with E-state index < -0.39 is 21.7 Å². The lowest BCUT2D eigenvalue weighted by Gasteiger charge is -2.17. The molecule has 0 atom stereocenters. The molecular formula is C19H20N2O4S. The highest BCUT2D eigenvalue weighted by atomic mass is 32.2. The van der Waals surface area contributed by atoms with Crippen molar-refractivity contribution >= 4 is 38.1 Å². The maximum Gasteiger partial charge on any atom is 0.253 e. The second-order valence-corrected chi connectivity index (χ2v) is 8.43. The molecule has 0 N–H and O–H groups in total. The molecule has 2 aromatic carbocycles. The quantitative estimate of drug-likeness (QED) is 0.725. The van der Waals surface area contributed by atoms with E-state index in [1.165, 1.54) is 12.2 Å². The number of anilines is 1. The van der Waals surface area contributed by atoms with E-state index in [1.807, 2.05) is 37.2 Å². The fourth-order valence-electron chi connectivity index (χ4n) is 3.10. The van der Waals surface area contributed by atoms with Crippen LogP contribution in [0.1, 0.15) is 6.42 Å². The number of carbonyl (C=O) groups excluding carboxylic acids is 2. The van der Waals surface area contributed by atoms with Crippen LogP contribution < -0.4 is 4.90 Å². The number of fused-ring (bicyclic) bond motifs is 1. The first-order valence-electron chi connectivity index (χ1n) is 8.26. The summed E-state index contributed by atoms with van der Waals surface area (Å²) in [7, 11) is 0.277. The van der Waals surface area contributed by atoms with Gasteiger partial charge in [-0.3, -0.25) is 14.5 Å². The summed E-state index contributed by atoms with van der Waals surface area (Å²) in [4.78, 5) is 26.4. The summed E-state index contributed by atoms with van der Waals surface area (Å²) in [6.45, 7) is 0.0949. The maximum atomic E-state index is 12.8. The summed E-state index contributed by atoms with van der Waals surface area (Å²) < 4.78 is 25.7. The van der Waals surface area contributed by atoms with E-state index >= 15 is 0 Å². The smallest absolute Gasteiger partial charge is 0.253 e. The number of nitrogens with zero attached hydrogens (tertiary/aromatic N) is 2. The normalized spacial score (nSPS) is 14.5. The van der Waals surface area contributed by atoms with E-state index in [0.717, 1.165) is 16.0 Å². The third kappa shape index (κ3) is 3.35. The predicted octanol–water partition coefficient (Wildman–Crippen LogP) is 1.99. The Balaban J connectivity index is 1.84. The van der Waals surface area contributed by atoms with Gasteiger partial charge in [0.15, 0.2) is 9.84 Å². The van der Waals surface area contributed by atoms with E-state index in [4.69, 9.17) is 0 Å². The van der Waals surface area contributed by atoms with Crippen LogP contribution in [-0.4, -0.2) is 51.5 Å². The molecular weight excluding hydrogens is 352 g/mol. The van der Waals surface area contributed by atoms with E-state index in [9.17, 15) is 18.0 Å². The highest BCUT2D eigenvalue weighted by Crippen LogP contribution is 2.30. The van der Waals surface area contributed by atoms with Crippen LogP contribution in [0.3, 0.4) is 0 Å². The summed E-state index contributed by atoms with van der Waals surface area (Å²) in [6.07, 6.45) is 2.60. The first-order valence-corrected chi connectivity index (χ1v) is 9.92. The van der Waals surface area contributed by atoms with Crippen LogP contribution >= 0.6 is 0 Å². The monoisotopic (exact) mass is 372 g/mol. The number of imide groups is 1. The van der Waals surface area contributed by atoms with Crippen LogP contribution in [0.15, 0.2) is 53.4 Å². The average Bonchev–Trinajstić information content (AvgIpc) is 2.92. The van der Waals surface area contributed by atoms with Gasteiger partial charge in [-0.25, -0.2) is 8.42 Å². The van der Waals surface area contributed by atoms with Gasteiger partial charge in [-0.15, -0.1) is 0 Å². The highest BCUT2D eigenvalue weighted by Gasteiger charge is 2.24. The average molecular weight is 372 g/mol. The molecule has 0 aliphatic carbocycles. The van der Waals surface area contributed by atoms with Gasteiger partial charge in [-0.1, -0.05) is 24.3 Å². The molecule has 0 spiro atoms. The Kier molecular flexibility index (Phi) is 4.82. The maximum absolute atomic E-state index is 12.8. The Hall–Kier alpha value is -2.67. The lowest BCUT2D eigenvalue weighted by Crippen LogP contribution is -2.31. The first-order chi connectivity index (χ1) is 12.3. The van der Waals surface area contributed by atoms with Crippen molar-refractivity contribution in [2.24, 2.45) is 0 Å². The molecule has 0 fully saturated rings. The highest BCUT2D eigenvalue weighted by molar-refractivity contribution is 7.91. The zero-order valence-corrected chi connectivity index (χ0v) is 15.5. The minimum atomic E-state index is -3.54. The van der Waals surface area contributed by atoms with Crippen molar-refractivity contribution in [1.29, 1.82) is 0 Å². The van der Waals surface area contributed by atoms with Gasteiger partial charge in [0, 0.05) is 49.3 Å². The van der Waals surface area contributed by atoms with Gasteiger partial charge in [0.25, 0.3) is 11.8 Å². The molecule has 0 unspecified atom stereocenters. The molecule has 1 aliphatic heterocycles. The van der Waals surface area contributed by atoms with Gasteiger partial charge in [-0.05, 0) is 18.6 Å². The molecule has 2 aromatic rings. The fraction of sp³-hybridized carbons (Fsp3) is 0.263. The molecule has 0 bridgehead atoms. The van der Waals surface area contributed by atoms with Crippen LogP contribution in [0.25, 0.3) is 10.8 Å². The lowest BCUT2D eigenvalue weighted by molar-refractivity contribution is -0.136. The number of amides is 2. The van der Waals surface area contributed by atoms with Crippen molar-refractivity contribution in [2.45, 2.75) is 11.3 Å². The van der Waals surface area contributed by atoms with Crippen LogP contribution in [0.4, 0.5) is 5.69 Å². The Labute approximate surface area is 152 Å². The van der Waals surface area contributed by atoms with Crippen LogP contribution in [0.2, 0.25) is 0 Å². The van der Waals surface area contributed by atoms with Crippen molar-refractivity contribution in [1.82, 2.24) is 4.90 Å². The van der Waals surface area contributed by atoms with Crippen molar-refractivity contribution in [3.63, 3.8) is 0 Å². The van der Waals surface area contributed by atoms with Crippen molar-refractivity contribution in [3.05, 3.63) is 48.6 Å². The Morgan fingerprint density at radius 1 is 0.923 bits per heavy atom. The van der Waals surface area contributed by atoms with Crippen LogP contribution in [-0.2, 0) is 19.4 Å². The topological polar surface area (TPSA) is 74.8 Å². The zero-order valence-electron chi connectivity index (χ0n) is 14.7. The van der Waals surface area contributed by atoms with Gasteiger partial charge in [0.05, 0.1) is 10.6 Å². The van der Waals surface area contributed by atoms with E-state index in [-0.39, 0.29) is 23.6 Å². The molecule has 1 heterocycles. The minimum Gasteiger partial charge on any atom is -0.377 e. The van der Waals surface area contributed by atoms with Crippen molar-refractivity contribution in [3.8, 4) is 0 Å². The summed E-state index contributed by atoms with van der Waals surface area (Å²) in [5.41, 5.74) is 0.943. The molecule has 0 saturated heterocycles. The summed E-state index contributed by atoms with van der Waals surface area (Å²) >= 11 is 0. The molecule has 26 heavy (non-hydrogen) atoms. The molecule has 3 rings (SSSR count). The van der Waals surface area contributed by atoms with E-state index in [2.05, 4.69) is 0 Å². The molecule has 136 valence electrons. The number of carbonyl (C=O) groups is 2. The number of benzene rings is 2. The Morgan fingerprint density at radius 2 is 1.54 bits per heavy atom. The van der Waals surface area contributed by atoms with Crippen LogP contribution in [0, 0.1) is 0 Å². The lowest BCUT2D eigenvalue weighted by atomic mass is 10.1. The summed E-state index contributed by atoms with van der Waals surface area (Å²) in [6, 6.07) is 10.8. The first kappa shape index (κ1) is 18.1. The summed E-state index contributed by atoms with van der Waals surface area (Å²) in [5.74, 6) is -0.920. The second kappa shape index (κ2) is 6.92. The van der Waals surface area contributed by atoms with E-state index in [1.54, 1.807) is 18.2 Å². The van der Waals surface area contributed by atoms with Gasteiger partial charge in [-0.2, -0.15) is 0 Å². The van der Waals surface area contributed by atoms with E-state index in [0.29, 0.717) is 5.39 Å². The molecule has 0 radical (unpaired) electrons. The number of sulfone groups is 1. The third-order valence-corrected chi connectivity index (χ3v) is 6.22.